The molecule has 0 spiro atoms. The van der Waals surface area contributed by atoms with Crippen LogP contribution >= 0.6 is 0 Å². The van der Waals surface area contributed by atoms with Crippen LogP contribution < -0.4 is 0 Å². The molecule has 0 unspecified atom stereocenters. The Balaban J connectivity index is 1.82. The Morgan fingerprint density at radius 2 is 1.86 bits per heavy atom. The first kappa shape index (κ1) is 12.9. The van der Waals surface area contributed by atoms with Crippen LogP contribution in [0.15, 0.2) is 35.9 Å². The summed E-state index contributed by atoms with van der Waals surface area (Å²) in [5.41, 5.74) is 2.41. The molecular weight excluding hydrogens is 262 g/mol. The van der Waals surface area contributed by atoms with Gasteiger partial charge in [0, 0.05) is 12.1 Å². The van der Waals surface area contributed by atoms with Crippen molar-refractivity contribution in [2.45, 2.75) is 44.6 Å². The zero-order valence-electron chi connectivity index (χ0n) is 12.3. The summed E-state index contributed by atoms with van der Waals surface area (Å²) in [4.78, 5) is 14.5. The van der Waals surface area contributed by atoms with Crippen molar-refractivity contribution >= 4 is 11.9 Å². The topological polar surface area (TPSA) is 29.5 Å². The third-order valence-electron chi connectivity index (χ3n) is 5.14. The highest BCUT2D eigenvalue weighted by atomic mass is 16.6. The largest absolute Gasteiger partial charge is 0.415 e. The van der Waals surface area contributed by atoms with Crippen molar-refractivity contribution in [3.8, 4) is 0 Å². The number of carbonyl (C=O) groups excluding carboxylic acids is 1. The second-order valence-corrected chi connectivity index (χ2v) is 6.37. The highest BCUT2D eigenvalue weighted by Crippen LogP contribution is 2.44. The maximum Gasteiger partial charge on any atom is 0.415 e. The van der Waals surface area contributed by atoms with E-state index in [0.29, 0.717) is 5.92 Å². The molecule has 0 aromatic heterocycles. The molecule has 3 aliphatic rings. The third-order valence-corrected chi connectivity index (χ3v) is 5.14. The van der Waals surface area contributed by atoms with Gasteiger partial charge in [0.15, 0.2) is 0 Å². The lowest BCUT2D eigenvalue weighted by molar-refractivity contribution is 0.0963. The van der Waals surface area contributed by atoms with Gasteiger partial charge in [0.25, 0.3) is 0 Å². The first-order valence-electron chi connectivity index (χ1n) is 8.11. The number of rotatable bonds is 1. The summed E-state index contributed by atoms with van der Waals surface area (Å²) < 4.78 is 5.75. The first-order valence-corrected chi connectivity index (χ1v) is 8.11. The number of cyclic esters (lactones) is 1. The average molecular weight is 283 g/mol. The quantitative estimate of drug-likeness (QED) is 0.773. The van der Waals surface area contributed by atoms with Crippen LogP contribution in [0.5, 0.6) is 0 Å². The minimum Gasteiger partial charge on any atom is -0.410 e. The van der Waals surface area contributed by atoms with Crippen LogP contribution in [0.1, 0.15) is 44.1 Å². The van der Waals surface area contributed by atoms with Gasteiger partial charge in [-0.25, -0.2) is 4.79 Å². The molecule has 1 saturated heterocycles. The maximum atomic E-state index is 12.5. The molecule has 0 radical (unpaired) electrons. The number of amides is 1. The highest BCUT2D eigenvalue weighted by Gasteiger charge is 2.43. The molecule has 1 saturated carbocycles. The summed E-state index contributed by atoms with van der Waals surface area (Å²) >= 11 is 0. The first-order chi connectivity index (χ1) is 10.3. The van der Waals surface area contributed by atoms with Gasteiger partial charge in [0.2, 0.25) is 0 Å². The summed E-state index contributed by atoms with van der Waals surface area (Å²) in [6, 6.07) is 10.4. The van der Waals surface area contributed by atoms with Crippen molar-refractivity contribution in [2.24, 2.45) is 5.92 Å². The lowest BCUT2D eigenvalue weighted by atomic mass is 9.77. The summed E-state index contributed by atoms with van der Waals surface area (Å²) in [5.74, 6) is 1.47. The van der Waals surface area contributed by atoms with E-state index in [1.165, 1.54) is 31.3 Å². The van der Waals surface area contributed by atoms with E-state index in [-0.39, 0.29) is 12.1 Å². The Hall–Kier alpha value is -1.77. The number of nitrogens with zero attached hydrogens (tertiary/aromatic N) is 1. The monoisotopic (exact) mass is 283 g/mol. The molecule has 0 N–H and O–H groups in total. The molecule has 1 amide bonds. The highest BCUT2D eigenvalue weighted by molar-refractivity contribution is 5.82. The SMILES string of the molecule is O=C1OC(c2ccccc2)=C2CCC[C@@H]3CCCCN1[C@H]23. The van der Waals surface area contributed by atoms with Gasteiger partial charge in [-0.1, -0.05) is 36.8 Å². The molecule has 2 heterocycles. The summed E-state index contributed by atoms with van der Waals surface area (Å²) in [5, 5.41) is 0. The van der Waals surface area contributed by atoms with Gasteiger partial charge >= 0.3 is 6.09 Å². The molecule has 3 nitrogen and oxygen atoms in total. The van der Waals surface area contributed by atoms with E-state index in [2.05, 4.69) is 0 Å². The molecule has 0 bridgehead atoms. The van der Waals surface area contributed by atoms with Gasteiger partial charge in [-0.3, -0.25) is 0 Å². The smallest absolute Gasteiger partial charge is 0.410 e. The van der Waals surface area contributed by atoms with Crippen LogP contribution in [0.3, 0.4) is 0 Å². The minimum absolute atomic E-state index is 0.142. The average Bonchev–Trinajstić information content (AvgIpc) is 2.75. The molecule has 1 aliphatic carbocycles. The molecule has 2 aliphatic heterocycles. The number of hydrogen-bond acceptors (Lipinski definition) is 2. The van der Waals surface area contributed by atoms with Gasteiger partial charge in [0.1, 0.15) is 5.76 Å². The van der Waals surface area contributed by atoms with Crippen LogP contribution in [0.2, 0.25) is 0 Å². The molecule has 2 fully saturated rings. The van der Waals surface area contributed by atoms with Crippen molar-refractivity contribution < 1.29 is 9.53 Å². The number of hydrogen-bond donors (Lipinski definition) is 0. The molecule has 4 rings (SSSR count). The predicted molar refractivity (Wildman–Crippen MR) is 81.5 cm³/mol. The van der Waals surface area contributed by atoms with E-state index in [1.54, 1.807) is 0 Å². The Bertz CT molecular complexity index is 578. The Morgan fingerprint density at radius 3 is 2.71 bits per heavy atom. The molecule has 110 valence electrons. The number of benzene rings is 1. The van der Waals surface area contributed by atoms with E-state index in [4.69, 9.17) is 4.74 Å². The van der Waals surface area contributed by atoms with Crippen LogP contribution in [-0.2, 0) is 4.74 Å². The van der Waals surface area contributed by atoms with Crippen molar-refractivity contribution in [1.29, 1.82) is 0 Å². The zero-order valence-corrected chi connectivity index (χ0v) is 12.3. The van der Waals surface area contributed by atoms with Crippen molar-refractivity contribution in [1.82, 2.24) is 4.90 Å². The van der Waals surface area contributed by atoms with Gasteiger partial charge in [0.05, 0.1) is 6.04 Å². The second kappa shape index (κ2) is 5.21. The van der Waals surface area contributed by atoms with E-state index < -0.39 is 0 Å². The van der Waals surface area contributed by atoms with Crippen LogP contribution in [0, 0.1) is 5.92 Å². The minimum atomic E-state index is -0.142. The standard InChI is InChI=1S/C18H21NO2/c20-18-19-12-5-4-7-13-10-6-11-15(16(13)19)17(21-18)14-8-2-1-3-9-14/h1-3,8-9,13,16H,4-7,10-12H2/t13-,16-/m0/s1. The fraction of sp³-hybridized carbons (Fsp3) is 0.500. The molecule has 21 heavy (non-hydrogen) atoms. The van der Waals surface area contributed by atoms with Gasteiger partial charge < -0.3 is 9.64 Å². The van der Waals surface area contributed by atoms with Gasteiger partial charge in [-0.05, 0) is 43.6 Å². The normalized spacial score (nSPS) is 28.8. The zero-order chi connectivity index (χ0) is 14.2. The maximum absolute atomic E-state index is 12.5. The second-order valence-electron chi connectivity index (χ2n) is 6.37. The van der Waals surface area contributed by atoms with Crippen LogP contribution in [0.25, 0.3) is 5.76 Å². The Kier molecular flexibility index (Phi) is 3.21. The van der Waals surface area contributed by atoms with Crippen LogP contribution in [0.4, 0.5) is 4.79 Å². The molecule has 2 atom stereocenters. The molecular formula is C18H21NO2. The van der Waals surface area contributed by atoms with E-state index in [0.717, 1.165) is 30.7 Å². The summed E-state index contributed by atoms with van der Waals surface area (Å²) in [6.07, 6.45) is 6.99. The summed E-state index contributed by atoms with van der Waals surface area (Å²) in [7, 11) is 0. The number of ether oxygens (including phenoxy) is 1. The van der Waals surface area contributed by atoms with Crippen molar-refractivity contribution in [3.05, 3.63) is 41.5 Å². The number of carbonyl (C=O) groups is 1. The molecule has 1 aromatic carbocycles. The fourth-order valence-electron chi connectivity index (χ4n) is 4.22. The predicted octanol–water partition coefficient (Wildman–Crippen LogP) is 4.20. The van der Waals surface area contributed by atoms with Crippen molar-refractivity contribution in [3.63, 3.8) is 0 Å². The molecule has 3 heteroatoms. The van der Waals surface area contributed by atoms with E-state index >= 15 is 0 Å². The summed E-state index contributed by atoms with van der Waals surface area (Å²) in [6.45, 7) is 0.853. The van der Waals surface area contributed by atoms with E-state index in [9.17, 15) is 4.79 Å². The Labute approximate surface area is 125 Å². The van der Waals surface area contributed by atoms with Crippen LogP contribution in [-0.4, -0.2) is 23.6 Å². The van der Waals surface area contributed by atoms with Gasteiger partial charge in [-0.2, -0.15) is 0 Å². The fourth-order valence-corrected chi connectivity index (χ4v) is 4.22. The lowest BCUT2D eigenvalue weighted by Gasteiger charge is -2.43. The lowest BCUT2D eigenvalue weighted by Crippen LogP contribution is -2.49. The third kappa shape index (κ3) is 2.15. The molecule has 1 aromatic rings. The van der Waals surface area contributed by atoms with Crippen molar-refractivity contribution in [2.75, 3.05) is 6.54 Å². The Morgan fingerprint density at radius 1 is 1.05 bits per heavy atom. The van der Waals surface area contributed by atoms with E-state index in [1.807, 2.05) is 35.2 Å². The van der Waals surface area contributed by atoms with Gasteiger partial charge in [-0.15, -0.1) is 0 Å².